The van der Waals surface area contributed by atoms with Gasteiger partial charge in [0.25, 0.3) is 0 Å². The maximum absolute atomic E-state index is 14.0. The Hall–Kier alpha value is -5.01. The molecule has 0 saturated carbocycles. The van der Waals surface area contributed by atoms with Gasteiger partial charge in [-0.05, 0) is 44.5 Å². The fourth-order valence-corrected chi connectivity index (χ4v) is 7.52. The topological polar surface area (TPSA) is 111 Å². The van der Waals surface area contributed by atoms with Crippen molar-refractivity contribution in [3.8, 4) is 11.1 Å². The molecule has 5 aromatic carbocycles. The van der Waals surface area contributed by atoms with E-state index in [9.17, 15) is 19.3 Å². The number of fused-ring (bicyclic) bond motifs is 3. The summed E-state index contributed by atoms with van der Waals surface area (Å²) in [7, 11) is -3.61. The van der Waals surface area contributed by atoms with E-state index in [-0.39, 0.29) is 38.3 Å². The Bertz CT molecular complexity index is 1800. The fourth-order valence-electron chi connectivity index (χ4n) is 5.91. The highest BCUT2D eigenvalue weighted by Gasteiger charge is 2.30. The average Bonchev–Trinajstić information content (AvgIpc) is 3.43. The molecule has 2 N–H and O–H groups in total. The average molecular weight is 662 g/mol. The summed E-state index contributed by atoms with van der Waals surface area (Å²) in [5.41, 5.74) is 7.39. The summed E-state index contributed by atoms with van der Waals surface area (Å²) in [5, 5.41) is 12.4. The summed E-state index contributed by atoms with van der Waals surface area (Å²) in [5.74, 6) is -1.19. The summed E-state index contributed by atoms with van der Waals surface area (Å²) < 4.78 is 31.5. The smallest absolute Gasteiger partial charge is 0.407 e. The molecule has 0 bridgehead atoms. The van der Waals surface area contributed by atoms with Gasteiger partial charge in [0.05, 0.1) is 31.8 Å². The minimum atomic E-state index is -3.61. The van der Waals surface area contributed by atoms with Crippen molar-refractivity contribution in [1.29, 1.82) is 0 Å². The second-order valence-electron chi connectivity index (χ2n) is 11.6. The SMILES string of the molecule is O=C(O)C[C@H](NC(=O)OCC1c2ccccc2-c2ccccc21)c1ccc(CP(=O)(OCc2ccccc2)OCc2ccccc2)cc1. The Morgan fingerprint density at radius 1 is 0.667 bits per heavy atom. The number of benzene rings is 5. The number of alkyl carbamates (subject to hydrolysis) is 1. The Balaban J connectivity index is 1.12. The minimum absolute atomic E-state index is 0.0103. The van der Waals surface area contributed by atoms with Gasteiger partial charge in [0.2, 0.25) is 0 Å². The van der Waals surface area contributed by atoms with E-state index in [4.69, 9.17) is 13.8 Å². The van der Waals surface area contributed by atoms with Crippen molar-refractivity contribution in [2.45, 2.75) is 37.8 Å². The van der Waals surface area contributed by atoms with Crippen LogP contribution in [0, 0.1) is 0 Å². The highest BCUT2D eigenvalue weighted by molar-refractivity contribution is 7.52. The molecule has 8 nitrogen and oxygen atoms in total. The lowest BCUT2D eigenvalue weighted by atomic mass is 9.98. The predicted molar refractivity (Wildman–Crippen MR) is 183 cm³/mol. The van der Waals surface area contributed by atoms with Gasteiger partial charge in [0.1, 0.15) is 6.61 Å². The Labute approximate surface area is 279 Å². The van der Waals surface area contributed by atoms with Crippen LogP contribution in [-0.4, -0.2) is 23.8 Å². The number of ether oxygens (including phenoxy) is 1. The van der Waals surface area contributed by atoms with Gasteiger partial charge < -0.3 is 24.2 Å². The van der Waals surface area contributed by atoms with E-state index in [0.717, 1.165) is 33.4 Å². The van der Waals surface area contributed by atoms with Crippen LogP contribution < -0.4 is 5.32 Å². The standard InChI is InChI=1S/C39H36NO7P/c41-38(42)23-37(40-39(43)45-26-36-34-17-9-7-15-32(34)33-16-8-10-18-35(33)36)31-21-19-30(20-22-31)27-48(44,46-24-28-11-3-1-4-12-28)47-25-29-13-5-2-6-14-29/h1-22,36-37H,23-27H2,(H,40,43)(H,41,42)/t37-/m0/s1. The third-order valence-corrected chi connectivity index (χ3v) is 10.1. The number of rotatable bonds is 14. The van der Waals surface area contributed by atoms with Crippen molar-refractivity contribution in [3.63, 3.8) is 0 Å². The van der Waals surface area contributed by atoms with Gasteiger partial charge in [-0.25, -0.2) is 4.79 Å². The largest absolute Gasteiger partial charge is 0.481 e. The normalized spacial score (nSPS) is 12.9. The number of carbonyl (C=O) groups excluding carboxylic acids is 1. The zero-order valence-corrected chi connectivity index (χ0v) is 27.1. The molecule has 0 aromatic heterocycles. The lowest BCUT2D eigenvalue weighted by molar-refractivity contribution is -0.137. The molecule has 1 atom stereocenters. The number of nitrogens with one attached hydrogen (secondary N) is 1. The van der Waals surface area contributed by atoms with E-state index >= 15 is 0 Å². The minimum Gasteiger partial charge on any atom is -0.481 e. The number of aliphatic carboxylic acids is 1. The van der Waals surface area contributed by atoms with E-state index < -0.39 is 25.7 Å². The predicted octanol–water partition coefficient (Wildman–Crippen LogP) is 8.87. The Morgan fingerprint density at radius 3 is 1.69 bits per heavy atom. The van der Waals surface area contributed by atoms with Crippen LogP contribution in [0.2, 0.25) is 0 Å². The Kier molecular flexibility index (Phi) is 10.5. The van der Waals surface area contributed by atoms with Crippen molar-refractivity contribution in [2.24, 2.45) is 0 Å². The molecule has 0 aliphatic heterocycles. The fraction of sp³-hybridized carbons (Fsp3) is 0.179. The maximum atomic E-state index is 14.0. The zero-order valence-electron chi connectivity index (χ0n) is 26.2. The van der Waals surface area contributed by atoms with Crippen molar-refractivity contribution >= 4 is 19.7 Å². The second-order valence-corrected chi connectivity index (χ2v) is 13.7. The number of hydrogen-bond acceptors (Lipinski definition) is 6. The summed E-state index contributed by atoms with van der Waals surface area (Å²) in [6.45, 7) is 0.352. The van der Waals surface area contributed by atoms with Crippen LogP contribution >= 0.6 is 7.60 Å². The molecule has 0 radical (unpaired) electrons. The molecule has 0 saturated heterocycles. The number of carbonyl (C=O) groups is 2. The molecule has 0 unspecified atom stereocenters. The molecule has 0 heterocycles. The third-order valence-electron chi connectivity index (χ3n) is 8.31. The maximum Gasteiger partial charge on any atom is 0.407 e. The number of hydrogen-bond donors (Lipinski definition) is 2. The van der Waals surface area contributed by atoms with Crippen LogP contribution in [-0.2, 0) is 42.5 Å². The molecule has 0 spiro atoms. The van der Waals surface area contributed by atoms with Gasteiger partial charge in [-0.15, -0.1) is 0 Å². The van der Waals surface area contributed by atoms with Gasteiger partial charge >= 0.3 is 19.7 Å². The van der Waals surface area contributed by atoms with Crippen LogP contribution in [0.1, 0.15) is 51.8 Å². The number of carboxylic acids is 1. The van der Waals surface area contributed by atoms with Crippen molar-refractivity contribution in [3.05, 3.63) is 167 Å². The molecular weight excluding hydrogens is 625 g/mol. The van der Waals surface area contributed by atoms with Gasteiger partial charge in [-0.3, -0.25) is 9.36 Å². The van der Waals surface area contributed by atoms with Gasteiger partial charge in [0, 0.05) is 5.92 Å². The van der Waals surface area contributed by atoms with Crippen molar-refractivity contribution in [2.75, 3.05) is 6.61 Å². The van der Waals surface area contributed by atoms with Crippen LogP contribution in [0.15, 0.2) is 133 Å². The van der Waals surface area contributed by atoms with Crippen molar-refractivity contribution < 1.29 is 33.0 Å². The van der Waals surface area contributed by atoms with Crippen molar-refractivity contribution in [1.82, 2.24) is 5.32 Å². The van der Waals surface area contributed by atoms with Crippen LogP contribution in [0.5, 0.6) is 0 Å². The van der Waals surface area contributed by atoms with Crippen LogP contribution in [0.4, 0.5) is 4.79 Å². The lowest BCUT2D eigenvalue weighted by Crippen LogP contribution is -2.31. The highest BCUT2D eigenvalue weighted by atomic mass is 31.2. The van der Waals surface area contributed by atoms with Crippen LogP contribution in [0.3, 0.4) is 0 Å². The first-order chi connectivity index (χ1) is 23.4. The summed E-state index contributed by atoms with van der Waals surface area (Å²) in [4.78, 5) is 24.8. The summed E-state index contributed by atoms with van der Waals surface area (Å²) >= 11 is 0. The molecule has 244 valence electrons. The zero-order chi connectivity index (χ0) is 33.3. The van der Waals surface area contributed by atoms with E-state index in [2.05, 4.69) is 17.4 Å². The molecule has 5 aromatic rings. The second kappa shape index (κ2) is 15.3. The molecule has 48 heavy (non-hydrogen) atoms. The first kappa shape index (κ1) is 32.9. The molecule has 1 aliphatic rings. The lowest BCUT2D eigenvalue weighted by Gasteiger charge is -2.21. The molecule has 6 rings (SSSR count). The molecule has 0 fully saturated rings. The highest BCUT2D eigenvalue weighted by Crippen LogP contribution is 2.53. The van der Waals surface area contributed by atoms with Gasteiger partial charge in [-0.1, -0.05) is 133 Å². The summed E-state index contributed by atoms with van der Waals surface area (Å²) in [6.07, 6.45) is -1.04. The number of amides is 1. The van der Waals surface area contributed by atoms with Gasteiger partial charge in [-0.2, -0.15) is 0 Å². The van der Waals surface area contributed by atoms with Gasteiger partial charge in [0.15, 0.2) is 0 Å². The third kappa shape index (κ3) is 8.28. The van der Waals surface area contributed by atoms with E-state index in [1.807, 2.05) is 97.1 Å². The Morgan fingerprint density at radius 2 is 1.17 bits per heavy atom. The molecule has 1 aliphatic carbocycles. The van der Waals surface area contributed by atoms with E-state index in [1.54, 1.807) is 24.3 Å². The monoisotopic (exact) mass is 661 g/mol. The molecule has 9 heteroatoms. The quantitative estimate of drug-likeness (QED) is 0.114. The summed E-state index contributed by atoms with van der Waals surface area (Å²) in [6, 6.07) is 41.1. The molecular formula is C39H36NO7P. The van der Waals surface area contributed by atoms with Crippen LogP contribution in [0.25, 0.3) is 11.1 Å². The molecule has 1 amide bonds. The van der Waals surface area contributed by atoms with E-state index in [1.165, 1.54) is 0 Å². The number of carboxylic acid groups (broad SMARTS) is 1. The first-order valence-corrected chi connectivity index (χ1v) is 17.5. The first-order valence-electron chi connectivity index (χ1n) is 15.7. The van der Waals surface area contributed by atoms with E-state index in [0.29, 0.717) is 11.1 Å².